The summed E-state index contributed by atoms with van der Waals surface area (Å²) in [6.07, 6.45) is 0.821. The Morgan fingerprint density at radius 2 is 1.65 bits per heavy atom. The van der Waals surface area contributed by atoms with Gasteiger partial charge in [0, 0.05) is 24.8 Å². The topological polar surface area (TPSA) is 155 Å². The van der Waals surface area contributed by atoms with Crippen molar-refractivity contribution in [3.63, 3.8) is 0 Å². The van der Waals surface area contributed by atoms with E-state index in [-0.39, 0.29) is 50.7 Å². The highest BCUT2D eigenvalue weighted by Gasteiger charge is 2.65. The fourth-order valence-electron chi connectivity index (χ4n) is 4.40. The molecule has 0 aliphatic heterocycles. The number of ether oxygens (including phenoxy) is 2. The van der Waals surface area contributed by atoms with Crippen LogP contribution in [0.5, 0.6) is 5.75 Å². The first kappa shape index (κ1) is 27.9. The Labute approximate surface area is 200 Å². The third kappa shape index (κ3) is 5.66. The summed E-state index contributed by atoms with van der Waals surface area (Å²) >= 11 is 0. The van der Waals surface area contributed by atoms with Gasteiger partial charge in [0.25, 0.3) is 0 Å². The second kappa shape index (κ2) is 11.9. The number of aliphatic hydroxyl groups is 1. The summed E-state index contributed by atoms with van der Waals surface area (Å²) in [5.74, 6) is -2.44. The van der Waals surface area contributed by atoms with Crippen molar-refractivity contribution in [1.82, 2.24) is 0 Å². The van der Waals surface area contributed by atoms with Crippen LogP contribution in [0.15, 0.2) is 24.3 Å². The van der Waals surface area contributed by atoms with E-state index in [1.165, 1.54) is 19.2 Å². The maximum absolute atomic E-state index is 13.4. The number of ketones is 1. The minimum Gasteiger partial charge on any atom is -0.497 e. The lowest BCUT2D eigenvalue weighted by molar-refractivity contribution is -0.180. The summed E-state index contributed by atoms with van der Waals surface area (Å²) in [6.45, 7) is 3.84. The molecule has 1 aliphatic carbocycles. The molecule has 4 N–H and O–H groups in total. The minimum atomic E-state index is -3.40. The van der Waals surface area contributed by atoms with Crippen molar-refractivity contribution in [2.75, 3.05) is 26.9 Å². The second-order valence-electron chi connectivity index (χ2n) is 8.21. The molecule has 2 unspecified atom stereocenters. The van der Waals surface area contributed by atoms with Crippen molar-refractivity contribution in [3.8, 4) is 5.75 Å². The molecule has 1 saturated carbocycles. The van der Waals surface area contributed by atoms with Gasteiger partial charge in [0.05, 0.1) is 13.7 Å². The molecule has 1 aromatic rings. The smallest absolute Gasteiger partial charge is 0.497 e. The van der Waals surface area contributed by atoms with Crippen LogP contribution >= 0.6 is 0 Å². The van der Waals surface area contributed by atoms with E-state index >= 15 is 0 Å². The lowest BCUT2D eigenvalue weighted by Crippen LogP contribution is -2.66. The van der Waals surface area contributed by atoms with Crippen LogP contribution in [-0.4, -0.2) is 68.9 Å². The maximum atomic E-state index is 13.4. The summed E-state index contributed by atoms with van der Waals surface area (Å²) in [6, 6.07) is 6.15. The van der Waals surface area contributed by atoms with Crippen molar-refractivity contribution < 1.29 is 42.6 Å². The molecule has 2 rings (SSSR count). The predicted molar refractivity (Wildman–Crippen MR) is 124 cm³/mol. The zero-order valence-corrected chi connectivity index (χ0v) is 21.0. The Bertz CT molecular complexity index is 857. The molecule has 1 amide bonds. The van der Waals surface area contributed by atoms with Gasteiger partial charge >= 0.3 is 14.8 Å². The van der Waals surface area contributed by atoms with Crippen LogP contribution in [0.4, 0.5) is 0 Å². The number of carbonyl (C=O) groups is 3. The van der Waals surface area contributed by atoms with E-state index < -0.39 is 37.5 Å². The van der Waals surface area contributed by atoms with Gasteiger partial charge < -0.3 is 34.0 Å². The first-order valence-corrected chi connectivity index (χ1v) is 13.5. The number of nitrogens with two attached hydrogens (primary N) is 1. The molecule has 0 heterocycles. The van der Waals surface area contributed by atoms with Gasteiger partial charge in [-0.1, -0.05) is 6.42 Å². The Hall–Kier alpha value is -2.31. The number of Topliss-reactive ketones (excluding diaryl/α,β-unsaturated/α-hetero) is 1. The van der Waals surface area contributed by atoms with Crippen LogP contribution in [0, 0.1) is 5.41 Å². The third-order valence-electron chi connectivity index (χ3n) is 6.15. The number of hydrogen-bond acceptors (Lipinski definition) is 9. The number of rotatable bonds is 13. The van der Waals surface area contributed by atoms with Gasteiger partial charge in [-0.3, -0.25) is 14.4 Å². The van der Waals surface area contributed by atoms with E-state index in [0.717, 1.165) is 0 Å². The molecule has 1 aliphatic rings. The first-order chi connectivity index (χ1) is 16.1. The highest BCUT2D eigenvalue weighted by atomic mass is 28.4. The Morgan fingerprint density at radius 3 is 2.18 bits per heavy atom. The lowest BCUT2D eigenvalue weighted by atomic mass is 9.60. The Morgan fingerprint density at radius 1 is 1.06 bits per heavy atom. The van der Waals surface area contributed by atoms with Crippen molar-refractivity contribution in [3.05, 3.63) is 29.8 Å². The number of hydrogen-bond donors (Lipinski definition) is 3. The minimum absolute atomic E-state index is 0.114. The monoisotopic (exact) mass is 497 g/mol. The summed E-state index contributed by atoms with van der Waals surface area (Å²) in [4.78, 5) is 49.7. The average molecular weight is 498 g/mol. The zero-order chi connectivity index (χ0) is 25.4. The van der Waals surface area contributed by atoms with Crippen LogP contribution in [0.2, 0.25) is 6.04 Å². The SMILES string of the molecule is CCO[Si](O)(CCCOC(=O)C1(C(N)=O)CCCCC1(O)C(=O)c1ccc(OC)cc1)OCC. The summed E-state index contributed by atoms with van der Waals surface area (Å²) in [5, 5.41) is 11.5. The van der Waals surface area contributed by atoms with Crippen LogP contribution in [0.3, 0.4) is 0 Å². The molecule has 34 heavy (non-hydrogen) atoms. The van der Waals surface area contributed by atoms with E-state index in [2.05, 4.69) is 0 Å². The molecule has 1 aromatic carbocycles. The molecule has 11 heteroatoms. The number of esters is 1. The molecule has 10 nitrogen and oxygen atoms in total. The van der Waals surface area contributed by atoms with E-state index in [1.54, 1.807) is 26.0 Å². The Balaban J connectivity index is 2.23. The van der Waals surface area contributed by atoms with Crippen molar-refractivity contribution in [2.24, 2.45) is 11.1 Å². The van der Waals surface area contributed by atoms with Crippen LogP contribution < -0.4 is 10.5 Å². The van der Waals surface area contributed by atoms with E-state index in [1.807, 2.05) is 0 Å². The molecule has 0 saturated heterocycles. The normalized spacial score (nSPS) is 22.7. The molecule has 0 bridgehead atoms. The summed E-state index contributed by atoms with van der Waals surface area (Å²) < 4.78 is 21.1. The van der Waals surface area contributed by atoms with E-state index in [0.29, 0.717) is 18.6 Å². The van der Waals surface area contributed by atoms with Crippen molar-refractivity contribution in [2.45, 2.75) is 57.6 Å². The molecule has 1 fully saturated rings. The highest BCUT2D eigenvalue weighted by molar-refractivity contribution is 6.59. The molecule has 0 spiro atoms. The van der Waals surface area contributed by atoms with Crippen molar-refractivity contribution >= 4 is 26.5 Å². The van der Waals surface area contributed by atoms with Crippen LogP contribution in [0.25, 0.3) is 0 Å². The molecule has 0 radical (unpaired) electrons. The summed E-state index contributed by atoms with van der Waals surface area (Å²) in [5.41, 5.74) is 1.19. The molecule has 190 valence electrons. The largest absolute Gasteiger partial charge is 0.498 e. The van der Waals surface area contributed by atoms with Crippen LogP contribution in [-0.2, 0) is 23.2 Å². The molecule has 2 atom stereocenters. The number of carbonyl (C=O) groups excluding carboxylic acids is 3. The highest BCUT2D eigenvalue weighted by Crippen LogP contribution is 2.47. The quantitative estimate of drug-likeness (QED) is 0.121. The second-order valence-corrected chi connectivity index (χ2v) is 10.7. The van der Waals surface area contributed by atoms with Gasteiger partial charge in [0.1, 0.15) is 5.75 Å². The van der Waals surface area contributed by atoms with Gasteiger partial charge in [-0.25, -0.2) is 0 Å². The number of benzene rings is 1. The first-order valence-electron chi connectivity index (χ1n) is 11.5. The van der Waals surface area contributed by atoms with Crippen LogP contribution in [0.1, 0.15) is 56.3 Å². The maximum Gasteiger partial charge on any atom is 0.498 e. The third-order valence-corrected chi connectivity index (χ3v) is 8.62. The average Bonchev–Trinajstić information content (AvgIpc) is 2.81. The Kier molecular flexibility index (Phi) is 9.77. The molecular weight excluding hydrogens is 462 g/mol. The number of primary amides is 1. The number of amides is 1. The van der Waals surface area contributed by atoms with Crippen molar-refractivity contribution in [1.29, 1.82) is 0 Å². The van der Waals surface area contributed by atoms with Gasteiger partial charge in [0.2, 0.25) is 5.91 Å². The van der Waals surface area contributed by atoms with Gasteiger partial charge in [-0.15, -0.1) is 0 Å². The standard InChI is InChI=1S/C23H35NO9Si/c1-4-32-34(29,33-5-2)16-8-15-31-21(27)22(20(24)26)13-6-7-14-23(22,28)19(25)17-9-11-18(30-3)12-10-17/h9-12,28-29H,4-8,13-16H2,1-3H3,(H2,24,26). The number of methoxy groups -OCH3 is 1. The lowest BCUT2D eigenvalue weighted by Gasteiger charge is -2.45. The molecule has 0 aromatic heterocycles. The summed E-state index contributed by atoms with van der Waals surface area (Å²) in [7, 11) is -1.92. The predicted octanol–water partition coefficient (Wildman–Crippen LogP) is 1.59. The van der Waals surface area contributed by atoms with Gasteiger partial charge in [-0.2, -0.15) is 0 Å². The van der Waals surface area contributed by atoms with Gasteiger partial charge in [0.15, 0.2) is 16.8 Å². The fraction of sp³-hybridized carbons (Fsp3) is 0.609. The van der Waals surface area contributed by atoms with E-state index in [9.17, 15) is 24.3 Å². The van der Waals surface area contributed by atoms with E-state index in [4.69, 9.17) is 24.1 Å². The zero-order valence-electron chi connectivity index (χ0n) is 20.0. The molecular formula is C23H35NO9Si. The van der Waals surface area contributed by atoms with Gasteiger partial charge in [-0.05, 0) is 63.8 Å². The fourth-order valence-corrected chi connectivity index (χ4v) is 6.26.